The minimum absolute atomic E-state index is 0.00714. The summed E-state index contributed by atoms with van der Waals surface area (Å²) in [5.74, 6) is 0.550. The molecule has 0 aromatic heterocycles. The fourth-order valence-corrected chi connectivity index (χ4v) is 2.76. The fraction of sp³-hybridized carbons (Fsp3) is 0.263. The Morgan fingerprint density at radius 3 is 2.57 bits per heavy atom. The van der Waals surface area contributed by atoms with Gasteiger partial charge in [-0.1, -0.05) is 12.1 Å². The van der Waals surface area contributed by atoms with Gasteiger partial charge in [-0.25, -0.2) is 0 Å². The number of carbonyl (C=O) groups is 2. The molecular weight excluding hydrogens is 290 g/mol. The molecule has 1 aliphatic heterocycles. The second kappa shape index (κ2) is 6.24. The number of hydrogen-bond acceptors (Lipinski definition) is 3. The van der Waals surface area contributed by atoms with Crippen LogP contribution in [0.1, 0.15) is 28.4 Å². The maximum atomic E-state index is 12.4. The van der Waals surface area contributed by atoms with Gasteiger partial charge in [-0.3, -0.25) is 9.59 Å². The Hall–Kier alpha value is -2.62. The van der Waals surface area contributed by atoms with Gasteiger partial charge in [0.2, 0.25) is 0 Å². The number of ether oxygens (including phenoxy) is 1. The molecule has 1 aliphatic rings. The Bertz CT molecular complexity index is 750. The zero-order chi connectivity index (χ0) is 16.4. The number of hydrogen-bond donors (Lipinski definition) is 0. The average Bonchev–Trinajstić information content (AvgIpc) is 2.96. The minimum Gasteiger partial charge on any atom is -0.484 e. The van der Waals surface area contributed by atoms with Gasteiger partial charge in [0.05, 0.1) is 0 Å². The van der Waals surface area contributed by atoms with Crippen LogP contribution < -0.4 is 9.64 Å². The van der Waals surface area contributed by atoms with Gasteiger partial charge in [-0.15, -0.1) is 0 Å². The third-order valence-corrected chi connectivity index (χ3v) is 4.06. The molecule has 118 valence electrons. The van der Waals surface area contributed by atoms with Crippen LogP contribution >= 0.6 is 0 Å². The molecule has 0 fully saturated rings. The molecule has 2 aromatic carbocycles. The number of fused-ring (bicyclic) bond motifs is 1. The molecule has 0 atom stereocenters. The molecular formula is C19H19NO3. The van der Waals surface area contributed by atoms with Crippen molar-refractivity contribution in [2.24, 2.45) is 0 Å². The highest BCUT2D eigenvalue weighted by Gasteiger charge is 2.24. The number of Topliss-reactive ketones (excluding diaryl/α,β-unsaturated/α-hetero) is 1. The summed E-state index contributed by atoms with van der Waals surface area (Å²) >= 11 is 0. The van der Waals surface area contributed by atoms with Gasteiger partial charge in [0.15, 0.2) is 12.4 Å². The van der Waals surface area contributed by atoms with Crippen molar-refractivity contribution in [3.05, 3.63) is 59.2 Å². The molecule has 0 N–H and O–H groups in total. The molecule has 0 bridgehead atoms. The van der Waals surface area contributed by atoms with Gasteiger partial charge in [-0.2, -0.15) is 0 Å². The first-order chi connectivity index (χ1) is 11.0. The van der Waals surface area contributed by atoms with Crippen molar-refractivity contribution in [1.82, 2.24) is 0 Å². The number of carbonyl (C=O) groups excluding carboxylic acids is 2. The van der Waals surface area contributed by atoms with E-state index < -0.39 is 0 Å². The SMILES string of the molecule is CC(=O)c1ccc(OCC(=O)N2CCc3ccc(C)cc32)cc1. The Labute approximate surface area is 135 Å². The molecule has 0 radical (unpaired) electrons. The molecule has 1 heterocycles. The third kappa shape index (κ3) is 3.26. The van der Waals surface area contributed by atoms with Crippen molar-refractivity contribution in [2.75, 3.05) is 18.1 Å². The maximum Gasteiger partial charge on any atom is 0.264 e. The van der Waals surface area contributed by atoms with Crippen molar-refractivity contribution >= 4 is 17.4 Å². The number of rotatable bonds is 4. The van der Waals surface area contributed by atoms with Crippen LogP contribution in [0.4, 0.5) is 5.69 Å². The molecule has 1 amide bonds. The van der Waals surface area contributed by atoms with Gasteiger partial charge in [0, 0.05) is 17.8 Å². The maximum absolute atomic E-state index is 12.4. The van der Waals surface area contributed by atoms with Crippen molar-refractivity contribution in [3.63, 3.8) is 0 Å². The van der Waals surface area contributed by atoms with E-state index in [1.54, 1.807) is 29.2 Å². The number of ketones is 1. The number of aryl methyl sites for hydroxylation is 1. The second-order valence-electron chi connectivity index (χ2n) is 5.80. The predicted octanol–water partition coefficient (Wildman–Crippen LogP) is 3.17. The lowest BCUT2D eigenvalue weighted by Gasteiger charge is -2.18. The van der Waals surface area contributed by atoms with Gasteiger partial charge >= 0.3 is 0 Å². The fourth-order valence-electron chi connectivity index (χ4n) is 2.76. The Morgan fingerprint density at radius 1 is 1.13 bits per heavy atom. The quantitative estimate of drug-likeness (QED) is 0.815. The monoisotopic (exact) mass is 309 g/mol. The van der Waals surface area contributed by atoms with E-state index in [1.165, 1.54) is 12.5 Å². The summed E-state index contributed by atoms with van der Waals surface area (Å²) in [6.07, 6.45) is 0.884. The summed E-state index contributed by atoms with van der Waals surface area (Å²) in [5, 5.41) is 0. The molecule has 4 nitrogen and oxygen atoms in total. The van der Waals surface area contributed by atoms with Crippen molar-refractivity contribution in [2.45, 2.75) is 20.3 Å². The molecule has 0 unspecified atom stereocenters. The number of amides is 1. The highest BCUT2D eigenvalue weighted by atomic mass is 16.5. The number of nitrogens with zero attached hydrogens (tertiary/aromatic N) is 1. The summed E-state index contributed by atoms with van der Waals surface area (Å²) in [7, 11) is 0. The highest BCUT2D eigenvalue weighted by Crippen LogP contribution is 2.29. The summed E-state index contributed by atoms with van der Waals surface area (Å²) in [6.45, 7) is 4.23. The number of anilines is 1. The van der Waals surface area contributed by atoms with E-state index in [2.05, 4.69) is 12.1 Å². The summed E-state index contributed by atoms with van der Waals surface area (Å²) in [4.78, 5) is 25.4. The van der Waals surface area contributed by atoms with Crippen LogP contribution in [-0.4, -0.2) is 24.8 Å². The van der Waals surface area contributed by atoms with Gasteiger partial charge in [0.1, 0.15) is 5.75 Å². The lowest BCUT2D eigenvalue weighted by molar-refractivity contribution is -0.120. The van der Waals surface area contributed by atoms with Gasteiger partial charge < -0.3 is 9.64 Å². The molecule has 23 heavy (non-hydrogen) atoms. The molecule has 0 saturated heterocycles. The first-order valence-electron chi connectivity index (χ1n) is 7.68. The van der Waals surface area contributed by atoms with Gasteiger partial charge in [-0.05, 0) is 61.7 Å². The molecule has 0 spiro atoms. The van der Waals surface area contributed by atoms with E-state index in [0.29, 0.717) is 17.9 Å². The first kappa shape index (κ1) is 15.3. The first-order valence-corrected chi connectivity index (χ1v) is 7.68. The highest BCUT2D eigenvalue weighted by molar-refractivity contribution is 5.96. The van der Waals surface area contributed by atoms with Crippen LogP contribution in [0.25, 0.3) is 0 Å². The van der Waals surface area contributed by atoms with Crippen molar-refractivity contribution < 1.29 is 14.3 Å². The van der Waals surface area contributed by atoms with E-state index in [1.807, 2.05) is 13.0 Å². The van der Waals surface area contributed by atoms with E-state index in [4.69, 9.17) is 4.74 Å². The zero-order valence-electron chi connectivity index (χ0n) is 13.3. The lowest BCUT2D eigenvalue weighted by atomic mass is 10.1. The Balaban J connectivity index is 1.65. The second-order valence-corrected chi connectivity index (χ2v) is 5.80. The van der Waals surface area contributed by atoms with Crippen LogP contribution in [0.5, 0.6) is 5.75 Å². The lowest BCUT2D eigenvalue weighted by Crippen LogP contribution is -2.33. The average molecular weight is 309 g/mol. The standard InChI is InChI=1S/C19H19NO3/c1-13-3-4-16-9-10-20(18(16)11-13)19(22)12-23-17-7-5-15(6-8-17)14(2)21/h3-8,11H,9-10,12H2,1-2H3. The largest absolute Gasteiger partial charge is 0.484 e. The summed E-state index contributed by atoms with van der Waals surface area (Å²) in [6, 6.07) is 13.0. The molecule has 2 aromatic rings. The minimum atomic E-state index is -0.0509. The van der Waals surface area contributed by atoms with Crippen LogP contribution in [-0.2, 0) is 11.2 Å². The molecule has 0 saturated carbocycles. The summed E-state index contributed by atoms with van der Waals surface area (Å²) < 4.78 is 5.56. The van der Waals surface area contributed by atoms with E-state index in [0.717, 1.165) is 17.7 Å². The molecule has 4 heteroatoms. The van der Waals surface area contributed by atoms with Gasteiger partial charge in [0.25, 0.3) is 5.91 Å². The Kier molecular flexibility index (Phi) is 4.15. The van der Waals surface area contributed by atoms with Crippen LogP contribution in [0.3, 0.4) is 0 Å². The van der Waals surface area contributed by atoms with Crippen molar-refractivity contribution in [1.29, 1.82) is 0 Å². The smallest absolute Gasteiger partial charge is 0.264 e. The Morgan fingerprint density at radius 2 is 1.87 bits per heavy atom. The van der Waals surface area contributed by atoms with E-state index >= 15 is 0 Å². The van der Waals surface area contributed by atoms with Crippen LogP contribution in [0.2, 0.25) is 0 Å². The van der Waals surface area contributed by atoms with Crippen LogP contribution in [0, 0.1) is 6.92 Å². The normalized spacial score (nSPS) is 12.9. The van der Waals surface area contributed by atoms with E-state index in [9.17, 15) is 9.59 Å². The summed E-state index contributed by atoms with van der Waals surface area (Å²) in [5.41, 5.74) is 3.97. The third-order valence-electron chi connectivity index (χ3n) is 4.06. The zero-order valence-corrected chi connectivity index (χ0v) is 13.3. The topological polar surface area (TPSA) is 46.6 Å². The van der Waals surface area contributed by atoms with E-state index in [-0.39, 0.29) is 18.3 Å². The van der Waals surface area contributed by atoms with Crippen molar-refractivity contribution in [3.8, 4) is 5.75 Å². The number of benzene rings is 2. The molecule has 3 rings (SSSR count). The predicted molar refractivity (Wildman–Crippen MR) is 89.2 cm³/mol. The van der Waals surface area contributed by atoms with Crippen LogP contribution in [0.15, 0.2) is 42.5 Å². The molecule has 0 aliphatic carbocycles.